The lowest BCUT2D eigenvalue weighted by Gasteiger charge is -2.08. The van der Waals surface area contributed by atoms with E-state index in [1.165, 1.54) is 0 Å². The normalized spacial score (nSPS) is 13.5. The predicted octanol–water partition coefficient (Wildman–Crippen LogP) is 1.92. The van der Waals surface area contributed by atoms with Crippen LogP contribution in [-0.2, 0) is 10.1 Å². The van der Waals surface area contributed by atoms with E-state index in [4.69, 9.17) is 1.37 Å². The van der Waals surface area contributed by atoms with Crippen LogP contribution in [0.4, 0.5) is 13.2 Å². The maximum atomic E-state index is 11.8. The van der Waals surface area contributed by atoms with Crippen molar-refractivity contribution in [3.8, 4) is 5.75 Å². The SMILES string of the molecule is [2H]c1ccc(OS(=O)(=O)C(F)(F)F)cc1. The molecule has 0 fully saturated rings. The van der Waals surface area contributed by atoms with E-state index in [1.807, 2.05) is 0 Å². The molecule has 3 nitrogen and oxygen atoms in total. The third kappa shape index (κ3) is 2.38. The van der Waals surface area contributed by atoms with E-state index < -0.39 is 21.4 Å². The Bertz CT molecular complexity index is 438. The van der Waals surface area contributed by atoms with E-state index in [-0.39, 0.29) is 6.04 Å². The van der Waals surface area contributed by atoms with Crippen LogP contribution >= 0.6 is 0 Å². The first-order valence-corrected chi connectivity index (χ1v) is 4.70. The van der Waals surface area contributed by atoms with Crippen LogP contribution in [0, 0.1) is 0 Å². The molecule has 78 valence electrons. The summed E-state index contributed by atoms with van der Waals surface area (Å²) in [5, 5.41) is 0. The van der Waals surface area contributed by atoms with Gasteiger partial charge in [-0.15, -0.1) is 0 Å². The van der Waals surface area contributed by atoms with Crippen molar-refractivity contribution in [2.45, 2.75) is 5.51 Å². The molecule has 0 radical (unpaired) electrons. The Morgan fingerprint density at radius 3 is 2.21 bits per heavy atom. The zero-order valence-electron chi connectivity index (χ0n) is 7.58. The van der Waals surface area contributed by atoms with Crippen molar-refractivity contribution in [1.82, 2.24) is 0 Å². The highest BCUT2D eigenvalue weighted by Crippen LogP contribution is 2.26. The van der Waals surface area contributed by atoms with E-state index in [9.17, 15) is 21.6 Å². The quantitative estimate of drug-likeness (QED) is 0.572. The molecule has 0 bridgehead atoms. The van der Waals surface area contributed by atoms with Crippen LogP contribution in [0.15, 0.2) is 30.3 Å². The van der Waals surface area contributed by atoms with Gasteiger partial charge in [0.05, 0.1) is 1.37 Å². The largest absolute Gasteiger partial charge is 0.534 e. The number of hydrogen-bond donors (Lipinski definition) is 0. The third-order valence-corrected chi connectivity index (χ3v) is 2.16. The number of halogens is 3. The van der Waals surface area contributed by atoms with Crippen LogP contribution in [-0.4, -0.2) is 13.9 Å². The summed E-state index contributed by atoms with van der Waals surface area (Å²) in [6, 6.07) is 4.19. The van der Waals surface area contributed by atoms with Crippen molar-refractivity contribution in [3.05, 3.63) is 30.3 Å². The smallest absolute Gasteiger partial charge is 0.376 e. The summed E-state index contributed by atoms with van der Waals surface area (Å²) in [4.78, 5) is 0. The zero-order chi connectivity index (χ0) is 11.7. The Balaban J connectivity index is 2.93. The second-order valence-corrected chi connectivity index (χ2v) is 3.76. The van der Waals surface area contributed by atoms with Crippen LogP contribution in [0.3, 0.4) is 0 Å². The van der Waals surface area contributed by atoms with E-state index in [2.05, 4.69) is 4.18 Å². The van der Waals surface area contributed by atoms with E-state index in [1.54, 1.807) is 0 Å². The number of benzene rings is 1. The number of hydrogen-bond acceptors (Lipinski definition) is 3. The molecule has 0 aliphatic heterocycles. The molecule has 0 spiro atoms. The molecule has 0 amide bonds. The highest BCUT2D eigenvalue weighted by Gasteiger charge is 2.48. The van der Waals surface area contributed by atoms with E-state index >= 15 is 0 Å². The highest BCUT2D eigenvalue weighted by atomic mass is 32.2. The lowest BCUT2D eigenvalue weighted by Crippen LogP contribution is -2.27. The molecular weight excluding hydrogens is 221 g/mol. The predicted molar refractivity (Wildman–Crippen MR) is 42.0 cm³/mol. The third-order valence-electron chi connectivity index (χ3n) is 1.18. The van der Waals surface area contributed by atoms with Crippen molar-refractivity contribution >= 4 is 10.1 Å². The van der Waals surface area contributed by atoms with E-state index in [0.29, 0.717) is 0 Å². The summed E-state index contributed by atoms with van der Waals surface area (Å²) in [7, 11) is -5.62. The van der Waals surface area contributed by atoms with Gasteiger partial charge in [-0.3, -0.25) is 0 Å². The second kappa shape index (κ2) is 3.49. The molecule has 7 heteroatoms. The highest BCUT2D eigenvalue weighted by molar-refractivity contribution is 7.87. The van der Waals surface area contributed by atoms with Gasteiger partial charge in [0.1, 0.15) is 5.75 Å². The van der Waals surface area contributed by atoms with Crippen molar-refractivity contribution in [2.75, 3.05) is 0 Å². The van der Waals surface area contributed by atoms with Gasteiger partial charge in [-0.2, -0.15) is 21.6 Å². The molecule has 0 aromatic heterocycles. The Hall–Kier alpha value is -1.24. The molecule has 1 aromatic carbocycles. The van der Waals surface area contributed by atoms with Crippen molar-refractivity contribution in [3.63, 3.8) is 0 Å². The molecule has 0 heterocycles. The Morgan fingerprint density at radius 1 is 1.29 bits per heavy atom. The van der Waals surface area contributed by atoms with Crippen LogP contribution in [0.5, 0.6) is 5.75 Å². The Kier molecular flexibility index (Phi) is 2.32. The molecule has 0 saturated heterocycles. The standard InChI is InChI=1S/C7H5F3O3S/c8-7(9,10)14(11,12)13-6-4-2-1-3-5-6/h1-5H/i1D. The maximum absolute atomic E-state index is 11.8. The van der Waals surface area contributed by atoms with Gasteiger partial charge in [0.2, 0.25) is 0 Å². The average molecular weight is 227 g/mol. The fraction of sp³-hybridized carbons (Fsp3) is 0.143. The summed E-state index contributed by atoms with van der Waals surface area (Å²) in [6.07, 6.45) is 0. The van der Waals surface area contributed by atoms with Gasteiger partial charge >= 0.3 is 15.6 Å². The monoisotopic (exact) mass is 227 g/mol. The van der Waals surface area contributed by atoms with Crippen molar-refractivity contribution in [2.24, 2.45) is 0 Å². The minimum Gasteiger partial charge on any atom is -0.376 e. The summed E-state index contributed by atoms with van der Waals surface area (Å²) >= 11 is 0. The fourth-order valence-corrected chi connectivity index (χ4v) is 1.06. The molecule has 1 rings (SSSR count). The zero-order valence-corrected chi connectivity index (χ0v) is 7.39. The van der Waals surface area contributed by atoms with Crippen molar-refractivity contribution in [1.29, 1.82) is 0 Å². The summed E-state index contributed by atoms with van der Waals surface area (Å²) in [6.45, 7) is 0. The Morgan fingerprint density at radius 2 is 1.79 bits per heavy atom. The van der Waals surface area contributed by atoms with Crippen LogP contribution in [0.2, 0.25) is 0 Å². The van der Waals surface area contributed by atoms with Gasteiger partial charge in [0.25, 0.3) is 0 Å². The van der Waals surface area contributed by atoms with Gasteiger partial charge in [0.15, 0.2) is 0 Å². The molecule has 0 aliphatic carbocycles. The topological polar surface area (TPSA) is 43.4 Å². The second-order valence-electron chi connectivity index (χ2n) is 2.22. The minimum absolute atomic E-state index is 0.0340. The minimum atomic E-state index is -5.62. The molecule has 0 atom stereocenters. The molecule has 0 N–H and O–H groups in total. The first-order valence-electron chi connectivity index (χ1n) is 3.80. The molecule has 0 unspecified atom stereocenters. The average Bonchev–Trinajstić information content (AvgIpc) is 2.06. The summed E-state index contributed by atoms with van der Waals surface area (Å²) in [5.74, 6) is -0.483. The molecule has 1 aromatic rings. The summed E-state index contributed by atoms with van der Waals surface area (Å²) < 4.78 is 67.4. The number of para-hydroxylation sites is 1. The lowest BCUT2D eigenvalue weighted by atomic mass is 10.3. The maximum Gasteiger partial charge on any atom is 0.534 e. The van der Waals surface area contributed by atoms with Crippen molar-refractivity contribution < 1.29 is 27.1 Å². The van der Waals surface area contributed by atoms with Gasteiger partial charge in [-0.25, -0.2) is 0 Å². The number of alkyl halides is 3. The molecule has 0 aliphatic rings. The Labute approximate surface area is 79.6 Å². The van der Waals surface area contributed by atoms with Crippen LogP contribution < -0.4 is 4.18 Å². The van der Waals surface area contributed by atoms with Crippen LogP contribution in [0.25, 0.3) is 0 Å². The van der Waals surface area contributed by atoms with Gasteiger partial charge in [0, 0.05) is 0 Å². The molecule has 14 heavy (non-hydrogen) atoms. The van der Waals surface area contributed by atoms with Crippen LogP contribution in [0.1, 0.15) is 1.37 Å². The first-order chi connectivity index (χ1) is 6.72. The number of rotatable bonds is 2. The van der Waals surface area contributed by atoms with Gasteiger partial charge < -0.3 is 4.18 Å². The first kappa shape index (κ1) is 9.32. The molecular formula is C7H5F3O3S. The van der Waals surface area contributed by atoms with E-state index in [0.717, 1.165) is 24.3 Å². The van der Waals surface area contributed by atoms with Gasteiger partial charge in [-0.05, 0) is 12.1 Å². The van der Waals surface area contributed by atoms with Gasteiger partial charge in [-0.1, -0.05) is 18.2 Å². The fourth-order valence-electron chi connectivity index (χ4n) is 0.601. The lowest BCUT2D eigenvalue weighted by molar-refractivity contribution is -0.0500. The molecule has 0 saturated carbocycles. The summed E-state index contributed by atoms with van der Waals surface area (Å²) in [5.41, 5.74) is -5.45.